The summed E-state index contributed by atoms with van der Waals surface area (Å²) in [5, 5.41) is 0. The lowest BCUT2D eigenvalue weighted by Gasteiger charge is -2.36. The zero-order valence-corrected chi connectivity index (χ0v) is 14.2. The lowest BCUT2D eigenvalue weighted by atomic mass is 10.0. The summed E-state index contributed by atoms with van der Waals surface area (Å²) in [6.45, 7) is 4.36. The number of benzene rings is 1. The van der Waals surface area contributed by atoms with Crippen molar-refractivity contribution in [3.05, 3.63) is 29.8 Å². The van der Waals surface area contributed by atoms with Crippen LogP contribution in [0.3, 0.4) is 0 Å². The zero-order valence-electron chi connectivity index (χ0n) is 14.2. The molecule has 0 spiro atoms. The van der Waals surface area contributed by atoms with Gasteiger partial charge in [-0.15, -0.1) is 0 Å². The van der Waals surface area contributed by atoms with Gasteiger partial charge >= 0.3 is 0 Å². The Kier molecular flexibility index (Phi) is 5.55. The van der Waals surface area contributed by atoms with Crippen LogP contribution in [0.5, 0.6) is 5.75 Å². The molecule has 2 fully saturated rings. The lowest BCUT2D eigenvalue weighted by Crippen LogP contribution is -2.45. The number of ether oxygens (including phenoxy) is 1. The molecule has 2 saturated heterocycles. The number of amides is 1. The molecule has 126 valence electrons. The highest BCUT2D eigenvalue weighted by molar-refractivity contribution is 5.76. The maximum absolute atomic E-state index is 12.5. The van der Waals surface area contributed by atoms with Gasteiger partial charge in [0.15, 0.2) is 0 Å². The van der Waals surface area contributed by atoms with E-state index in [1.54, 1.807) is 7.11 Å². The Morgan fingerprint density at radius 1 is 1.13 bits per heavy atom. The molecule has 0 unspecified atom stereocenters. The largest absolute Gasteiger partial charge is 0.496 e. The number of piperidine rings is 1. The number of likely N-dealkylation sites (tertiary alicyclic amines) is 2. The molecule has 0 radical (unpaired) electrons. The van der Waals surface area contributed by atoms with Crippen LogP contribution in [0.4, 0.5) is 0 Å². The number of carbonyl (C=O) groups is 1. The molecule has 3 rings (SSSR count). The van der Waals surface area contributed by atoms with Crippen molar-refractivity contribution in [1.82, 2.24) is 9.80 Å². The van der Waals surface area contributed by atoms with E-state index in [-0.39, 0.29) is 5.91 Å². The summed E-state index contributed by atoms with van der Waals surface area (Å²) < 4.78 is 5.36. The van der Waals surface area contributed by atoms with E-state index < -0.39 is 0 Å². The number of para-hydroxylation sites is 1. The quantitative estimate of drug-likeness (QED) is 0.837. The maximum Gasteiger partial charge on any atom is 0.222 e. The number of aryl methyl sites for hydroxylation is 1. The molecule has 2 heterocycles. The molecule has 0 aromatic heterocycles. The predicted molar refractivity (Wildman–Crippen MR) is 91.7 cm³/mol. The van der Waals surface area contributed by atoms with Crippen molar-refractivity contribution < 1.29 is 9.53 Å². The molecule has 23 heavy (non-hydrogen) atoms. The SMILES string of the molecule is COc1ccccc1CCC(=O)N1CCC(N2CCCC2)CC1. The summed E-state index contributed by atoms with van der Waals surface area (Å²) in [6.07, 6.45) is 6.31. The Hall–Kier alpha value is -1.55. The average molecular weight is 316 g/mol. The first-order valence-electron chi connectivity index (χ1n) is 8.91. The Labute approximate surface area is 139 Å². The number of carbonyl (C=O) groups excluding carboxylic acids is 1. The second-order valence-electron chi connectivity index (χ2n) is 6.67. The molecule has 0 N–H and O–H groups in total. The van der Waals surface area contributed by atoms with E-state index in [1.165, 1.54) is 25.9 Å². The standard InChI is InChI=1S/C19H28N2O2/c1-23-18-7-3-2-6-16(18)8-9-19(22)21-14-10-17(11-15-21)20-12-4-5-13-20/h2-3,6-7,17H,4-5,8-15H2,1H3. The zero-order chi connectivity index (χ0) is 16.1. The highest BCUT2D eigenvalue weighted by Crippen LogP contribution is 2.23. The summed E-state index contributed by atoms with van der Waals surface area (Å²) >= 11 is 0. The summed E-state index contributed by atoms with van der Waals surface area (Å²) in [5.74, 6) is 1.17. The number of rotatable bonds is 5. The second-order valence-corrected chi connectivity index (χ2v) is 6.67. The van der Waals surface area contributed by atoms with Crippen molar-refractivity contribution in [1.29, 1.82) is 0 Å². The van der Waals surface area contributed by atoms with Gasteiger partial charge in [-0.05, 0) is 56.8 Å². The van der Waals surface area contributed by atoms with Crippen LogP contribution in [0, 0.1) is 0 Å². The Morgan fingerprint density at radius 2 is 1.83 bits per heavy atom. The van der Waals surface area contributed by atoms with E-state index in [2.05, 4.69) is 9.80 Å². The van der Waals surface area contributed by atoms with Crippen LogP contribution in [-0.2, 0) is 11.2 Å². The van der Waals surface area contributed by atoms with Crippen molar-refractivity contribution in [2.45, 2.75) is 44.6 Å². The fourth-order valence-corrected chi connectivity index (χ4v) is 3.90. The molecule has 4 heteroatoms. The maximum atomic E-state index is 12.5. The third-order valence-electron chi connectivity index (χ3n) is 5.27. The molecule has 2 aliphatic rings. The first kappa shape index (κ1) is 16.3. The van der Waals surface area contributed by atoms with Crippen molar-refractivity contribution in [3.63, 3.8) is 0 Å². The third kappa shape index (κ3) is 4.05. The smallest absolute Gasteiger partial charge is 0.222 e. The molecule has 1 aromatic carbocycles. The number of hydrogen-bond acceptors (Lipinski definition) is 3. The Balaban J connectivity index is 1.46. The molecular weight excluding hydrogens is 288 g/mol. The van der Waals surface area contributed by atoms with Gasteiger partial charge in [0.2, 0.25) is 5.91 Å². The molecule has 0 atom stereocenters. The molecule has 4 nitrogen and oxygen atoms in total. The third-order valence-corrected chi connectivity index (χ3v) is 5.27. The molecular formula is C19H28N2O2. The van der Waals surface area contributed by atoms with Crippen LogP contribution >= 0.6 is 0 Å². The molecule has 0 saturated carbocycles. The first-order chi connectivity index (χ1) is 11.3. The minimum Gasteiger partial charge on any atom is -0.496 e. The normalized spacial score (nSPS) is 20.0. The van der Waals surface area contributed by atoms with Gasteiger partial charge in [-0.2, -0.15) is 0 Å². The average Bonchev–Trinajstić information content (AvgIpc) is 3.14. The van der Waals surface area contributed by atoms with E-state index in [9.17, 15) is 4.79 Å². The Morgan fingerprint density at radius 3 is 2.52 bits per heavy atom. The number of hydrogen-bond donors (Lipinski definition) is 0. The van der Waals surface area contributed by atoms with Crippen molar-refractivity contribution >= 4 is 5.91 Å². The molecule has 0 aliphatic carbocycles. The van der Waals surface area contributed by atoms with E-state index in [0.29, 0.717) is 12.5 Å². The van der Waals surface area contributed by atoms with Crippen LogP contribution < -0.4 is 4.74 Å². The number of methoxy groups -OCH3 is 1. The van der Waals surface area contributed by atoms with Crippen LogP contribution in [-0.4, -0.2) is 55.0 Å². The summed E-state index contributed by atoms with van der Waals surface area (Å²) in [4.78, 5) is 17.1. The van der Waals surface area contributed by atoms with Gasteiger partial charge in [0, 0.05) is 25.6 Å². The monoisotopic (exact) mass is 316 g/mol. The minimum atomic E-state index is 0.288. The van der Waals surface area contributed by atoms with Gasteiger partial charge in [-0.1, -0.05) is 18.2 Å². The van der Waals surface area contributed by atoms with E-state index in [1.807, 2.05) is 24.3 Å². The molecule has 0 bridgehead atoms. The summed E-state index contributed by atoms with van der Waals surface area (Å²) in [6, 6.07) is 8.68. The lowest BCUT2D eigenvalue weighted by molar-refractivity contribution is -0.132. The highest BCUT2D eigenvalue weighted by Gasteiger charge is 2.28. The molecule has 1 aromatic rings. The summed E-state index contributed by atoms with van der Waals surface area (Å²) in [7, 11) is 1.68. The number of nitrogens with zero attached hydrogens (tertiary/aromatic N) is 2. The van der Waals surface area contributed by atoms with Crippen LogP contribution in [0.1, 0.15) is 37.7 Å². The van der Waals surface area contributed by atoms with Gasteiger partial charge in [0.25, 0.3) is 0 Å². The van der Waals surface area contributed by atoms with Crippen molar-refractivity contribution in [2.75, 3.05) is 33.3 Å². The topological polar surface area (TPSA) is 32.8 Å². The first-order valence-corrected chi connectivity index (χ1v) is 8.91. The Bertz CT molecular complexity index is 518. The minimum absolute atomic E-state index is 0.288. The molecule has 1 amide bonds. The van der Waals surface area contributed by atoms with Crippen LogP contribution in [0.15, 0.2) is 24.3 Å². The summed E-state index contributed by atoms with van der Waals surface area (Å²) in [5.41, 5.74) is 1.12. The van der Waals surface area contributed by atoms with E-state index in [4.69, 9.17) is 4.74 Å². The molecule has 2 aliphatic heterocycles. The van der Waals surface area contributed by atoms with E-state index >= 15 is 0 Å². The predicted octanol–water partition coefficient (Wildman–Crippen LogP) is 2.71. The van der Waals surface area contributed by atoms with Gasteiger partial charge < -0.3 is 14.5 Å². The van der Waals surface area contributed by atoms with Crippen molar-refractivity contribution in [3.8, 4) is 5.75 Å². The van der Waals surface area contributed by atoms with Crippen LogP contribution in [0.25, 0.3) is 0 Å². The van der Waals surface area contributed by atoms with Crippen molar-refractivity contribution in [2.24, 2.45) is 0 Å². The van der Waals surface area contributed by atoms with Gasteiger partial charge in [0.05, 0.1) is 7.11 Å². The highest BCUT2D eigenvalue weighted by atomic mass is 16.5. The van der Waals surface area contributed by atoms with Crippen LogP contribution in [0.2, 0.25) is 0 Å². The second kappa shape index (κ2) is 7.82. The fourth-order valence-electron chi connectivity index (χ4n) is 3.90. The van der Waals surface area contributed by atoms with E-state index in [0.717, 1.165) is 43.7 Å². The van der Waals surface area contributed by atoms with Gasteiger partial charge in [0.1, 0.15) is 5.75 Å². The van der Waals surface area contributed by atoms with Gasteiger partial charge in [-0.3, -0.25) is 4.79 Å². The fraction of sp³-hybridized carbons (Fsp3) is 0.632. The van der Waals surface area contributed by atoms with Gasteiger partial charge in [-0.25, -0.2) is 0 Å².